The van der Waals surface area contributed by atoms with Crippen LogP contribution in [0.2, 0.25) is 6.82 Å². The summed E-state index contributed by atoms with van der Waals surface area (Å²) in [6.45, 7) is 6.98. The van der Waals surface area contributed by atoms with Crippen LogP contribution in [0.3, 0.4) is 0 Å². The van der Waals surface area contributed by atoms with Gasteiger partial charge in [0.2, 0.25) is 0 Å². The SMILES string of the molecule is C[B]c1cc2ncc3c(c2cc1-c1cnn(CC)c1)n(-c1ccncc1CC)c(=O)n3C. The third-order valence-electron chi connectivity index (χ3n) is 6.13. The van der Waals surface area contributed by atoms with Crippen molar-refractivity contribution in [2.75, 3.05) is 0 Å². The Bertz CT molecular complexity index is 1530. The van der Waals surface area contributed by atoms with Crippen LogP contribution >= 0.6 is 0 Å². The lowest BCUT2D eigenvalue weighted by molar-refractivity contribution is 0.660. The Morgan fingerprint density at radius 2 is 1.97 bits per heavy atom. The first-order chi connectivity index (χ1) is 15.6. The highest BCUT2D eigenvalue weighted by Gasteiger charge is 2.19. The molecule has 5 rings (SSSR count). The zero-order valence-electron chi connectivity index (χ0n) is 18.7. The van der Waals surface area contributed by atoms with Crippen molar-refractivity contribution < 1.29 is 0 Å². The summed E-state index contributed by atoms with van der Waals surface area (Å²) in [5.41, 5.74) is 7.49. The number of fused-ring (bicyclic) bond motifs is 3. The van der Waals surface area contributed by atoms with Gasteiger partial charge in [-0.3, -0.25) is 23.8 Å². The van der Waals surface area contributed by atoms with Crippen molar-refractivity contribution in [2.45, 2.75) is 33.6 Å². The summed E-state index contributed by atoms with van der Waals surface area (Å²) < 4.78 is 5.38. The van der Waals surface area contributed by atoms with Crippen molar-refractivity contribution in [2.24, 2.45) is 7.05 Å². The van der Waals surface area contributed by atoms with Crippen LogP contribution in [0, 0.1) is 0 Å². The molecule has 0 atom stereocenters. The summed E-state index contributed by atoms with van der Waals surface area (Å²) in [4.78, 5) is 22.3. The van der Waals surface area contributed by atoms with Crippen molar-refractivity contribution in [3.05, 3.63) is 65.2 Å². The molecule has 0 bridgehead atoms. The van der Waals surface area contributed by atoms with E-state index in [-0.39, 0.29) is 5.69 Å². The Morgan fingerprint density at radius 1 is 1.12 bits per heavy atom. The summed E-state index contributed by atoms with van der Waals surface area (Å²) in [5, 5.41) is 5.39. The first-order valence-corrected chi connectivity index (χ1v) is 10.9. The van der Waals surface area contributed by atoms with E-state index in [4.69, 9.17) is 4.98 Å². The highest BCUT2D eigenvalue weighted by molar-refractivity contribution is 6.54. The maximum atomic E-state index is 13.4. The molecule has 0 saturated heterocycles. The monoisotopic (exact) mass is 423 g/mol. The molecular formula is C24H24BN6O. The molecule has 0 aliphatic rings. The number of pyridine rings is 2. The van der Waals surface area contributed by atoms with Gasteiger partial charge < -0.3 is 0 Å². The van der Waals surface area contributed by atoms with Crippen molar-refractivity contribution >= 4 is 34.7 Å². The number of hydrogen-bond donors (Lipinski definition) is 0. The van der Waals surface area contributed by atoms with Gasteiger partial charge in [-0.1, -0.05) is 19.2 Å². The molecule has 0 fully saturated rings. The predicted octanol–water partition coefficient (Wildman–Crippen LogP) is 3.10. The lowest BCUT2D eigenvalue weighted by Gasteiger charge is -2.12. The first-order valence-electron chi connectivity index (χ1n) is 10.9. The lowest BCUT2D eigenvalue weighted by atomic mass is 9.69. The number of aryl methyl sites for hydroxylation is 3. The number of benzene rings is 1. The molecule has 1 radical (unpaired) electrons. The quantitative estimate of drug-likeness (QED) is 0.408. The maximum Gasteiger partial charge on any atom is 0.333 e. The summed E-state index contributed by atoms with van der Waals surface area (Å²) >= 11 is 0. The fourth-order valence-corrected chi connectivity index (χ4v) is 4.36. The first kappa shape index (κ1) is 20.2. The minimum atomic E-state index is -0.0957. The van der Waals surface area contributed by atoms with E-state index >= 15 is 0 Å². The molecule has 0 unspecified atom stereocenters. The van der Waals surface area contributed by atoms with Gasteiger partial charge in [0.15, 0.2) is 0 Å². The Morgan fingerprint density at radius 3 is 2.69 bits per heavy atom. The van der Waals surface area contributed by atoms with E-state index in [2.05, 4.69) is 49.5 Å². The molecule has 8 heteroatoms. The van der Waals surface area contributed by atoms with E-state index < -0.39 is 0 Å². The average Bonchev–Trinajstić information content (AvgIpc) is 3.41. The van der Waals surface area contributed by atoms with Crippen molar-refractivity contribution in [3.63, 3.8) is 0 Å². The minimum Gasteiger partial charge on any atom is -0.293 e. The molecule has 32 heavy (non-hydrogen) atoms. The van der Waals surface area contributed by atoms with Crippen LogP contribution in [-0.4, -0.2) is 36.2 Å². The smallest absolute Gasteiger partial charge is 0.293 e. The Hall–Kier alpha value is -3.68. The zero-order valence-corrected chi connectivity index (χ0v) is 18.7. The van der Waals surface area contributed by atoms with Gasteiger partial charge in [0.05, 0.1) is 34.6 Å². The van der Waals surface area contributed by atoms with Gasteiger partial charge in [-0.25, -0.2) is 4.79 Å². The predicted molar refractivity (Wildman–Crippen MR) is 129 cm³/mol. The van der Waals surface area contributed by atoms with Gasteiger partial charge in [0.1, 0.15) is 7.28 Å². The fourth-order valence-electron chi connectivity index (χ4n) is 4.36. The van der Waals surface area contributed by atoms with Crippen molar-refractivity contribution in [1.82, 2.24) is 28.9 Å². The van der Waals surface area contributed by atoms with E-state index in [0.29, 0.717) is 0 Å². The van der Waals surface area contributed by atoms with Gasteiger partial charge in [-0.15, -0.1) is 0 Å². The highest BCUT2D eigenvalue weighted by atomic mass is 16.1. The molecule has 4 heterocycles. The van der Waals surface area contributed by atoms with Crippen LogP contribution in [0.4, 0.5) is 0 Å². The summed E-state index contributed by atoms with van der Waals surface area (Å²) in [6, 6.07) is 6.13. The Balaban J connectivity index is 1.91. The highest BCUT2D eigenvalue weighted by Crippen LogP contribution is 2.29. The van der Waals surface area contributed by atoms with Crippen LogP contribution in [0.25, 0.3) is 38.8 Å². The van der Waals surface area contributed by atoms with Gasteiger partial charge in [-0.05, 0) is 42.7 Å². The molecule has 0 spiro atoms. The molecule has 159 valence electrons. The molecular weight excluding hydrogens is 399 g/mol. The third kappa shape index (κ3) is 2.98. The molecule has 4 aromatic heterocycles. The molecule has 7 nitrogen and oxygen atoms in total. The van der Waals surface area contributed by atoms with Crippen LogP contribution < -0.4 is 11.2 Å². The summed E-state index contributed by atoms with van der Waals surface area (Å²) in [7, 11) is 3.88. The normalized spacial score (nSPS) is 11.5. The molecule has 1 aromatic carbocycles. The second-order valence-electron chi connectivity index (χ2n) is 7.86. The number of rotatable bonds is 5. The third-order valence-corrected chi connectivity index (χ3v) is 6.13. The topological polar surface area (TPSA) is 70.5 Å². The average molecular weight is 423 g/mol. The van der Waals surface area contributed by atoms with Crippen LogP contribution in [0.1, 0.15) is 19.4 Å². The molecule has 5 aromatic rings. The molecule has 0 N–H and O–H groups in total. The molecule has 0 aliphatic carbocycles. The van der Waals surface area contributed by atoms with E-state index in [1.54, 1.807) is 28.6 Å². The summed E-state index contributed by atoms with van der Waals surface area (Å²) in [5.74, 6) is 0. The summed E-state index contributed by atoms with van der Waals surface area (Å²) in [6.07, 6.45) is 10.1. The second-order valence-corrected chi connectivity index (χ2v) is 7.86. The van der Waals surface area contributed by atoms with E-state index in [1.807, 2.05) is 30.0 Å². The molecule has 0 amide bonds. The largest absolute Gasteiger partial charge is 0.333 e. The van der Waals surface area contributed by atoms with Gasteiger partial charge in [0, 0.05) is 43.1 Å². The maximum absolute atomic E-state index is 13.4. The van der Waals surface area contributed by atoms with Crippen LogP contribution in [0.5, 0.6) is 0 Å². The van der Waals surface area contributed by atoms with Crippen LogP contribution in [0.15, 0.2) is 54.0 Å². The number of nitrogens with zero attached hydrogens (tertiary/aromatic N) is 6. The van der Waals surface area contributed by atoms with E-state index in [1.165, 1.54) is 0 Å². The number of aromatic nitrogens is 6. The van der Waals surface area contributed by atoms with Gasteiger partial charge in [-0.2, -0.15) is 5.10 Å². The fraction of sp³-hybridized carbons (Fsp3) is 0.250. The van der Waals surface area contributed by atoms with Gasteiger partial charge >= 0.3 is 5.69 Å². The number of imidazole rings is 1. The standard InChI is InChI=1S/C24H24BN6O/c1-5-15-11-26-8-7-21(15)31-23-18-9-17(16-12-28-30(6-2)14-16)19(25-3)10-20(18)27-13-22(23)29(4)24(31)32/h7-14H,5-6H2,1-4H3. The van der Waals surface area contributed by atoms with E-state index in [0.717, 1.165) is 62.7 Å². The Labute approximate surface area is 186 Å². The number of hydrogen-bond acceptors (Lipinski definition) is 4. The van der Waals surface area contributed by atoms with Crippen molar-refractivity contribution in [1.29, 1.82) is 0 Å². The van der Waals surface area contributed by atoms with E-state index in [9.17, 15) is 4.79 Å². The van der Waals surface area contributed by atoms with Crippen molar-refractivity contribution in [3.8, 4) is 16.8 Å². The minimum absolute atomic E-state index is 0.0957. The van der Waals surface area contributed by atoms with Gasteiger partial charge in [0.25, 0.3) is 0 Å². The lowest BCUT2D eigenvalue weighted by Crippen LogP contribution is -2.21. The molecule has 0 saturated carbocycles. The zero-order chi connectivity index (χ0) is 22.4. The Kier molecular flexibility index (Phi) is 4.92. The van der Waals surface area contributed by atoms with Crippen LogP contribution in [-0.2, 0) is 20.0 Å². The molecule has 0 aliphatic heterocycles. The second kappa shape index (κ2) is 7.78.